The highest BCUT2D eigenvalue weighted by Gasteiger charge is 2.38. The van der Waals surface area contributed by atoms with Crippen molar-refractivity contribution in [2.24, 2.45) is 5.92 Å². The van der Waals surface area contributed by atoms with Crippen molar-refractivity contribution >= 4 is 0 Å². The second kappa shape index (κ2) is 4.84. The molecule has 2 aliphatic rings. The van der Waals surface area contributed by atoms with Crippen LogP contribution in [0.5, 0.6) is 0 Å². The number of aliphatic hydroxyl groups excluding tert-OH is 1. The smallest absolute Gasteiger partial charge is 0.0707 e. The summed E-state index contributed by atoms with van der Waals surface area (Å²) in [4.78, 5) is 0. The molecule has 0 bridgehead atoms. The molecule has 1 saturated carbocycles. The third-order valence-electron chi connectivity index (χ3n) is 4.30. The van der Waals surface area contributed by atoms with Gasteiger partial charge in [-0.1, -0.05) is 26.2 Å². The third-order valence-corrected chi connectivity index (χ3v) is 4.30. The Kier molecular flexibility index (Phi) is 3.68. The summed E-state index contributed by atoms with van der Waals surface area (Å²) in [5.74, 6) is 0.895. The van der Waals surface area contributed by atoms with Crippen molar-refractivity contribution in [1.82, 2.24) is 0 Å². The van der Waals surface area contributed by atoms with E-state index in [1.807, 2.05) is 0 Å². The normalized spacial score (nSPS) is 42.8. The van der Waals surface area contributed by atoms with Gasteiger partial charge in [-0.2, -0.15) is 0 Å². The monoisotopic (exact) mass is 212 g/mol. The lowest BCUT2D eigenvalue weighted by Crippen LogP contribution is -2.41. The maximum Gasteiger partial charge on any atom is 0.0707 e. The molecule has 1 aliphatic carbocycles. The molecule has 2 heteroatoms. The summed E-state index contributed by atoms with van der Waals surface area (Å²) < 4.78 is 5.99. The molecule has 3 atom stereocenters. The zero-order chi connectivity index (χ0) is 10.7. The summed E-state index contributed by atoms with van der Waals surface area (Å²) in [6, 6.07) is 0. The second-order valence-electron chi connectivity index (χ2n) is 5.38. The van der Waals surface area contributed by atoms with Crippen LogP contribution in [0.1, 0.15) is 58.3 Å². The van der Waals surface area contributed by atoms with Crippen LogP contribution in [-0.4, -0.2) is 23.4 Å². The van der Waals surface area contributed by atoms with E-state index in [4.69, 9.17) is 4.74 Å². The lowest BCUT2D eigenvalue weighted by atomic mass is 9.85. The first kappa shape index (κ1) is 11.4. The van der Waals surface area contributed by atoms with Crippen molar-refractivity contribution in [2.45, 2.75) is 70.0 Å². The predicted molar refractivity (Wildman–Crippen MR) is 60.8 cm³/mol. The Balaban J connectivity index is 1.96. The van der Waals surface area contributed by atoms with E-state index >= 15 is 0 Å². The highest BCUT2D eigenvalue weighted by atomic mass is 16.5. The van der Waals surface area contributed by atoms with Crippen LogP contribution in [0.3, 0.4) is 0 Å². The Morgan fingerprint density at radius 1 is 1.27 bits per heavy atom. The highest BCUT2D eigenvalue weighted by Crippen LogP contribution is 2.39. The van der Waals surface area contributed by atoms with Crippen molar-refractivity contribution in [3.05, 3.63) is 0 Å². The van der Waals surface area contributed by atoms with Crippen LogP contribution in [0.15, 0.2) is 0 Å². The molecule has 2 nitrogen and oxygen atoms in total. The van der Waals surface area contributed by atoms with Crippen molar-refractivity contribution in [3.8, 4) is 0 Å². The summed E-state index contributed by atoms with van der Waals surface area (Å²) in [5.41, 5.74) is 0.0432. The fraction of sp³-hybridized carbons (Fsp3) is 1.00. The second-order valence-corrected chi connectivity index (χ2v) is 5.38. The number of aliphatic hydroxyl groups is 1. The first-order chi connectivity index (χ1) is 7.24. The molecule has 2 fully saturated rings. The molecule has 1 heterocycles. The molecule has 1 spiro atoms. The molecule has 0 aromatic heterocycles. The Bertz CT molecular complexity index is 205. The zero-order valence-corrected chi connectivity index (χ0v) is 9.87. The predicted octanol–water partition coefficient (Wildman–Crippen LogP) is 2.89. The minimum Gasteiger partial charge on any atom is -0.393 e. The largest absolute Gasteiger partial charge is 0.393 e. The summed E-state index contributed by atoms with van der Waals surface area (Å²) >= 11 is 0. The van der Waals surface area contributed by atoms with E-state index in [1.54, 1.807) is 0 Å². The van der Waals surface area contributed by atoms with Gasteiger partial charge in [-0.15, -0.1) is 0 Å². The Morgan fingerprint density at radius 3 is 2.87 bits per heavy atom. The van der Waals surface area contributed by atoms with Crippen LogP contribution in [0.25, 0.3) is 0 Å². The van der Waals surface area contributed by atoms with Gasteiger partial charge in [0, 0.05) is 13.0 Å². The summed E-state index contributed by atoms with van der Waals surface area (Å²) in [6.07, 6.45) is 9.17. The number of ether oxygens (including phenoxy) is 1. The maximum atomic E-state index is 9.76. The average molecular weight is 212 g/mol. The standard InChI is InChI=1S/C13H24O2/c1-2-11-4-3-7-13(8-5-11)10-12(14)6-9-15-13/h11-12,14H,2-10H2,1H3. The van der Waals surface area contributed by atoms with E-state index in [-0.39, 0.29) is 11.7 Å². The van der Waals surface area contributed by atoms with E-state index in [0.29, 0.717) is 0 Å². The molecule has 0 aromatic carbocycles. The molecule has 0 aromatic rings. The van der Waals surface area contributed by atoms with Gasteiger partial charge in [0.25, 0.3) is 0 Å². The molecule has 1 N–H and O–H groups in total. The van der Waals surface area contributed by atoms with Gasteiger partial charge in [0.15, 0.2) is 0 Å². The fourth-order valence-corrected chi connectivity index (χ4v) is 3.21. The van der Waals surface area contributed by atoms with Crippen LogP contribution in [0.2, 0.25) is 0 Å². The van der Waals surface area contributed by atoms with Crippen molar-refractivity contribution in [2.75, 3.05) is 6.61 Å². The molecule has 2 rings (SSSR count). The first-order valence-corrected chi connectivity index (χ1v) is 6.56. The summed E-state index contributed by atoms with van der Waals surface area (Å²) in [6.45, 7) is 3.05. The summed E-state index contributed by atoms with van der Waals surface area (Å²) in [7, 11) is 0. The molecule has 0 amide bonds. The zero-order valence-electron chi connectivity index (χ0n) is 9.87. The highest BCUT2D eigenvalue weighted by molar-refractivity contribution is 4.89. The van der Waals surface area contributed by atoms with Crippen LogP contribution in [0, 0.1) is 5.92 Å². The first-order valence-electron chi connectivity index (χ1n) is 6.56. The van der Waals surface area contributed by atoms with Gasteiger partial charge >= 0.3 is 0 Å². The molecule has 3 unspecified atom stereocenters. The van der Waals surface area contributed by atoms with Gasteiger partial charge in [0.05, 0.1) is 11.7 Å². The van der Waals surface area contributed by atoms with Crippen LogP contribution in [0.4, 0.5) is 0 Å². The van der Waals surface area contributed by atoms with E-state index in [1.165, 1.54) is 38.5 Å². The van der Waals surface area contributed by atoms with E-state index in [9.17, 15) is 5.11 Å². The maximum absolute atomic E-state index is 9.76. The number of hydrogen-bond acceptors (Lipinski definition) is 2. The quantitative estimate of drug-likeness (QED) is 0.724. The summed E-state index contributed by atoms with van der Waals surface area (Å²) in [5, 5.41) is 9.76. The van der Waals surface area contributed by atoms with Gasteiger partial charge in [-0.3, -0.25) is 0 Å². The Hall–Kier alpha value is -0.0800. The Labute approximate surface area is 93.0 Å². The average Bonchev–Trinajstić information content (AvgIpc) is 2.41. The molecular formula is C13H24O2. The number of hydrogen-bond donors (Lipinski definition) is 1. The molecule has 1 aliphatic heterocycles. The number of rotatable bonds is 1. The van der Waals surface area contributed by atoms with Gasteiger partial charge in [0.2, 0.25) is 0 Å². The molecule has 0 radical (unpaired) electrons. The minimum absolute atomic E-state index is 0.0432. The van der Waals surface area contributed by atoms with E-state index in [2.05, 4.69) is 6.92 Å². The Morgan fingerprint density at radius 2 is 2.13 bits per heavy atom. The topological polar surface area (TPSA) is 29.5 Å². The third kappa shape index (κ3) is 2.73. The van der Waals surface area contributed by atoms with Gasteiger partial charge in [0.1, 0.15) is 0 Å². The van der Waals surface area contributed by atoms with Crippen LogP contribution in [-0.2, 0) is 4.74 Å². The van der Waals surface area contributed by atoms with Crippen molar-refractivity contribution < 1.29 is 9.84 Å². The molecule has 1 saturated heterocycles. The van der Waals surface area contributed by atoms with Gasteiger partial charge in [-0.25, -0.2) is 0 Å². The van der Waals surface area contributed by atoms with E-state index in [0.717, 1.165) is 25.4 Å². The molecule has 88 valence electrons. The van der Waals surface area contributed by atoms with Crippen molar-refractivity contribution in [1.29, 1.82) is 0 Å². The molecular weight excluding hydrogens is 188 g/mol. The van der Waals surface area contributed by atoms with Crippen molar-refractivity contribution in [3.63, 3.8) is 0 Å². The van der Waals surface area contributed by atoms with Crippen LogP contribution < -0.4 is 0 Å². The van der Waals surface area contributed by atoms with E-state index < -0.39 is 0 Å². The fourth-order valence-electron chi connectivity index (χ4n) is 3.21. The van der Waals surface area contributed by atoms with Gasteiger partial charge < -0.3 is 9.84 Å². The SMILES string of the molecule is CCC1CCCC2(CC1)CC(O)CCO2. The van der Waals surface area contributed by atoms with Gasteiger partial charge in [-0.05, 0) is 31.6 Å². The lowest BCUT2D eigenvalue weighted by Gasteiger charge is -2.39. The van der Waals surface area contributed by atoms with Crippen LogP contribution >= 0.6 is 0 Å². The minimum atomic E-state index is -0.114. The lowest BCUT2D eigenvalue weighted by molar-refractivity contribution is -0.125. The molecule has 15 heavy (non-hydrogen) atoms.